The normalized spacial score (nSPS) is 11.2. The molecule has 3 aromatic carbocycles. The molecule has 4 heterocycles. The second kappa shape index (κ2) is 13.2. The number of carbonyl (C=O) groups is 3. The van der Waals surface area contributed by atoms with Crippen molar-refractivity contribution in [3.63, 3.8) is 0 Å². The minimum absolute atomic E-state index is 0.237. The van der Waals surface area contributed by atoms with Crippen molar-refractivity contribution in [1.82, 2.24) is 19.9 Å². The molecule has 0 aliphatic heterocycles. The zero-order valence-electron chi connectivity index (χ0n) is 25.1. The van der Waals surface area contributed by atoms with Gasteiger partial charge in [-0.3, -0.25) is 9.79 Å². The fourth-order valence-electron chi connectivity index (χ4n) is 5.26. The molecule has 0 unspecified atom stereocenters. The van der Waals surface area contributed by atoms with Gasteiger partial charge in [0.2, 0.25) is 0 Å². The van der Waals surface area contributed by atoms with Gasteiger partial charge in [-0.2, -0.15) is 0 Å². The van der Waals surface area contributed by atoms with Crippen molar-refractivity contribution in [2.24, 2.45) is 4.99 Å². The summed E-state index contributed by atoms with van der Waals surface area (Å²) in [5.74, 6) is -0.883. The summed E-state index contributed by atoms with van der Waals surface area (Å²) >= 11 is 0. The van der Waals surface area contributed by atoms with Crippen molar-refractivity contribution in [2.45, 2.75) is 13.8 Å². The first-order valence-corrected chi connectivity index (χ1v) is 14.7. The first-order chi connectivity index (χ1) is 22.5. The lowest BCUT2D eigenvalue weighted by atomic mass is 10.1. The van der Waals surface area contributed by atoms with E-state index in [2.05, 4.69) is 24.9 Å². The highest BCUT2D eigenvalue weighted by atomic mass is 16.5. The van der Waals surface area contributed by atoms with E-state index in [1.807, 2.05) is 60.8 Å². The number of benzene rings is 3. The summed E-state index contributed by atoms with van der Waals surface area (Å²) in [7, 11) is 0. The number of carbonyl (C=O) groups excluding carboxylic acids is 3. The van der Waals surface area contributed by atoms with Crippen LogP contribution in [0.4, 0.5) is 5.69 Å². The Morgan fingerprint density at radius 3 is 1.74 bits per heavy atom. The summed E-state index contributed by atoms with van der Waals surface area (Å²) in [6.45, 7) is 4.14. The van der Waals surface area contributed by atoms with Crippen molar-refractivity contribution in [2.75, 3.05) is 13.2 Å². The Hall–Kier alpha value is -6.16. The molecule has 7 aromatic rings. The highest BCUT2D eigenvalue weighted by Crippen LogP contribution is 2.29. The van der Waals surface area contributed by atoms with E-state index in [9.17, 15) is 14.4 Å². The molecule has 0 spiro atoms. The summed E-state index contributed by atoms with van der Waals surface area (Å²) in [6.07, 6.45) is 5.89. The molecule has 0 saturated carbocycles. The van der Waals surface area contributed by atoms with Gasteiger partial charge in [0, 0.05) is 49.9 Å². The van der Waals surface area contributed by atoms with Gasteiger partial charge >= 0.3 is 11.9 Å². The van der Waals surface area contributed by atoms with Gasteiger partial charge < -0.3 is 19.4 Å². The number of aldehydes is 1. The second-order valence-corrected chi connectivity index (χ2v) is 10.2. The summed E-state index contributed by atoms with van der Waals surface area (Å²) in [6, 6.07) is 24.6. The summed E-state index contributed by atoms with van der Waals surface area (Å²) in [5.41, 5.74) is 6.44. The standard InChI is InChI=1S/C21H17N3O2.C15H12N2O3/c1-2-26-21(25)18-11-16-19(13-23-18)24-17-10-6-7-14(20(16)17)12-22-15-8-4-3-5-9-15;1-2-20-15(19)12-6-10-13(7-16-12)17-11-5-3-4-9(8-18)14(10)11/h3-13,24H,2H2,1H3;3-8,17H,2H2,1H3. The monoisotopic (exact) mass is 611 g/mol. The molecule has 0 aliphatic rings. The number of esters is 2. The number of aromatic amines is 2. The Balaban J connectivity index is 0.000000167. The van der Waals surface area contributed by atoms with E-state index in [1.54, 1.807) is 50.5 Å². The van der Waals surface area contributed by atoms with Gasteiger partial charge in [-0.1, -0.05) is 42.5 Å². The summed E-state index contributed by atoms with van der Waals surface area (Å²) in [5, 5.41) is 3.52. The molecule has 0 aliphatic carbocycles. The highest BCUT2D eigenvalue weighted by Gasteiger charge is 2.15. The SMILES string of the molecule is CCOC(=O)c1cc2c(cn1)[nH]c1cccc(C=Nc3ccccc3)c12.CCOC(=O)c1cc2c(cn1)[nH]c1cccc(C=O)c12. The zero-order chi connectivity index (χ0) is 32.0. The minimum atomic E-state index is -0.465. The lowest BCUT2D eigenvalue weighted by Crippen LogP contribution is -2.06. The van der Waals surface area contributed by atoms with E-state index in [0.29, 0.717) is 24.5 Å². The Bertz CT molecular complexity index is 2250. The molecular formula is C36H29N5O5. The van der Waals surface area contributed by atoms with Crippen molar-refractivity contribution in [3.8, 4) is 0 Å². The van der Waals surface area contributed by atoms with E-state index in [0.717, 1.165) is 61.1 Å². The second-order valence-electron chi connectivity index (χ2n) is 10.2. The molecule has 46 heavy (non-hydrogen) atoms. The van der Waals surface area contributed by atoms with Gasteiger partial charge in [0.25, 0.3) is 0 Å². The van der Waals surface area contributed by atoms with Gasteiger partial charge in [0.05, 0.1) is 42.3 Å². The van der Waals surface area contributed by atoms with E-state index >= 15 is 0 Å². The maximum Gasteiger partial charge on any atom is 0.356 e. The van der Waals surface area contributed by atoms with Crippen LogP contribution in [-0.4, -0.2) is 57.6 Å². The fourth-order valence-corrected chi connectivity index (χ4v) is 5.26. The van der Waals surface area contributed by atoms with Crippen LogP contribution in [0.2, 0.25) is 0 Å². The quantitative estimate of drug-likeness (QED) is 0.109. The van der Waals surface area contributed by atoms with Crippen LogP contribution in [-0.2, 0) is 9.47 Å². The number of ether oxygens (including phenoxy) is 2. The van der Waals surface area contributed by atoms with Crippen LogP contribution in [0, 0.1) is 0 Å². The van der Waals surface area contributed by atoms with Crippen LogP contribution in [0.15, 0.2) is 96.2 Å². The van der Waals surface area contributed by atoms with Gasteiger partial charge in [-0.25, -0.2) is 19.6 Å². The fraction of sp³-hybridized carbons (Fsp3) is 0.111. The summed E-state index contributed by atoms with van der Waals surface area (Å²) < 4.78 is 10.0. The number of rotatable bonds is 7. The smallest absolute Gasteiger partial charge is 0.356 e. The predicted molar refractivity (Wildman–Crippen MR) is 178 cm³/mol. The van der Waals surface area contributed by atoms with E-state index in [1.165, 1.54) is 0 Å². The van der Waals surface area contributed by atoms with E-state index in [4.69, 9.17) is 9.47 Å². The molecule has 7 rings (SSSR count). The average molecular weight is 612 g/mol. The number of nitrogens with zero attached hydrogens (tertiary/aromatic N) is 3. The van der Waals surface area contributed by atoms with Crippen molar-refractivity contribution in [1.29, 1.82) is 0 Å². The zero-order valence-corrected chi connectivity index (χ0v) is 25.1. The third-order valence-corrected chi connectivity index (χ3v) is 7.28. The van der Waals surface area contributed by atoms with Crippen LogP contribution in [0.3, 0.4) is 0 Å². The number of hydrogen-bond donors (Lipinski definition) is 2. The molecule has 10 heteroatoms. The Kier molecular flexibility index (Phi) is 8.60. The van der Waals surface area contributed by atoms with Gasteiger partial charge in [0.15, 0.2) is 6.29 Å². The minimum Gasteiger partial charge on any atom is -0.461 e. The first kappa shape index (κ1) is 29.9. The van der Waals surface area contributed by atoms with E-state index < -0.39 is 11.9 Å². The molecular weight excluding hydrogens is 582 g/mol. The lowest BCUT2D eigenvalue weighted by molar-refractivity contribution is 0.0510. The third kappa shape index (κ3) is 5.96. The highest BCUT2D eigenvalue weighted by molar-refractivity contribution is 6.16. The number of aliphatic imine (C=N–C) groups is 1. The first-order valence-electron chi connectivity index (χ1n) is 14.7. The van der Waals surface area contributed by atoms with Crippen LogP contribution in [0.5, 0.6) is 0 Å². The number of nitrogens with one attached hydrogen (secondary N) is 2. The number of pyridine rings is 2. The maximum absolute atomic E-state index is 12.0. The topological polar surface area (TPSA) is 139 Å². The van der Waals surface area contributed by atoms with Gasteiger partial charge in [-0.15, -0.1) is 0 Å². The molecule has 4 aromatic heterocycles. The molecule has 228 valence electrons. The van der Waals surface area contributed by atoms with Crippen LogP contribution in [0.25, 0.3) is 43.6 Å². The van der Waals surface area contributed by atoms with Crippen LogP contribution in [0.1, 0.15) is 50.7 Å². The van der Waals surface area contributed by atoms with Crippen LogP contribution >= 0.6 is 0 Å². The molecule has 10 nitrogen and oxygen atoms in total. The molecule has 0 fully saturated rings. The summed E-state index contributed by atoms with van der Waals surface area (Å²) in [4.78, 5) is 54.3. The maximum atomic E-state index is 12.0. The molecule has 0 radical (unpaired) electrons. The third-order valence-electron chi connectivity index (χ3n) is 7.28. The average Bonchev–Trinajstić information content (AvgIpc) is 3.66. The van der Waals surface area contributed by atoms with Gasteiger partial charge in [-0.05, 0) is 50.2 Å². The number of aromatic nitrogens is 4. The largest absolute Gasteiger partial charge is 0.461 e. The Labute approximate surface area is 263 Å². The van der Waals surface area contributed by atoms with Crippen molar-refractivity contribution >= 4 is 73.7 Å². The predicted octanol–water partition coefficient (Wildman–Crippen LogP) is 7.35. The van der Waals surface area contributed by atoms with Crippen molar-refractivity contribution < 1.29 is 23.9 Å². The van der Waals surface area contributed by atoms with Crippen molar-refractivity contribution in [3.05, 3.63) is 114 Å². The Morgan fingerprint density at radius 2 is 1.22 bits per heavy atom. The van der Waals surface area contributed by atoms with E-state index in [-0.39, 0.29) is 5.69 Å². The Morgan fingerprint density at radius 1 is 0.696 bits per heavy atom. The number of H-pyrrole nitrogens is 2. The van der Waals surface area contributed by atoms with Gasteiger partial charge in [0.1, 0.15) is 11.4 Å². The lowest BCUT2D eigenvalue weighted by Gasteiger charge is -2.02. The molecule has 0 amide bonds. The molecule has 0 bridgehead atoms. The number of hydrogen-bond acceptors (Lipinski definition) is 8. The van der Waals surface area contributed by atoms with Crippen LogP contribution < -0.4 is 0 Å². The molecule has 0 atom stereocenters. The number of fused-ring (bicyclic) bond motifs is 6. The molecule has 0 saturated heterocycles. The number of para-hydroxylation sites is 1. The molecule has 2 N–H and O–H groups in total.